The Hall–Kier alpha value is -4.02. The van der Waals surface area contributed by atoms with Crippen LogP contribution in [0.1, 0.15) is 31.0 Å². The van der Waals surface area contributed by atoms with Gasteiger partial charge in [-0.2, -0.15) is 4.98 Å². The summed E-state index contributed by atoms with van der Waals surface area (Å²) < 4.78 is 45.8. The molecule has 180 valence electrons. The summed E-state index contributed by atoms with van der Waals surface area (Å²) in [4.78, 5) is 21.1. The minimum atomic E-state index is -4.79. The first-order chi connectivity index (χ1) is 16.1. The molecule has 0 spiro atoms. The number of rotatable bonds is 8. The number of carbonyl (C=O) groups excluding carboxylic acids is 1. The molecule has 0 saturated heterocycles. The highest BCUT2D eigenvalue weighted by atomic mass is 19.4. The van der Waals surface area contributed by atoms with Gasteiger partial charge < -0.3 is 20.1 Å². The van der Waals surface area contributed by atoms with Crippen molar-refractivity contribution in [3.63, 3.8) is 0 Å². The van der Waals surface area contributed by atoms with E-state index < -0.39 is 12.4 Å². The lowest BCUT2D eigenvalue weighted by molar-refractivity contribution is -0.274. The zero-order chi connectivity index (χ0) is 24.7. The number of amides is 2. The number of nitrogens with zero attached hydrogens (tertiary/aromatic N) is 2. The molecule has 1 aromatic heterocycles. The molecule has 2 aromatic carbocycles. The molecule has 0 aliphatic heterocycles. The summed E-state index contributed by atoms with van der Waals surface area (Å²) in [6, 6.07) is 13.5. The summed E-state index contributed by atoms with van der Waals surface area (Å²) in [5.41, 5.74) is 2.00. The van der Waals surface area contributed by atoms with E-state index in [1.807, 2.05) is 38.1 Å². The normalized spacial score (nSPS) is 11.1. The average Bonchev–Trinajstić information content (AvgIpc) is 2.78. The summed E-state index contributed by atoms with van der Waals surface area (Å²) in [6.07, 6.45) is -4.79. The van der Waals surface area contributed by atoms with Crippen LogP contribution in [0.5, 0.6) is 11.5 Å². The second-order valence-electron chi connectivity index (χ2n) is 7.51. The standard InChI is InChI=1S/C23H24F3N5O3/c1-14(2)19-12-20(27-13-15-4-8-17(33-3)9-5-15)30-21(29-19)31-22(32)28-16-6-10-18(11-7-16)34-23(24,25)26/h4-12,14H,13H2,1-3H3,(H3,27,28,29,30,31,32). The second kappa shape index (κ2) is 10.7. The predicted octanol–water partition coefficient (Wildman–Crippen LogP) is 5.76. The van der Waals surface area contributed by atoms with E-state index in [1.165, 1.54) is 12.1 Å². The molecule has 0 aliphatic rings. The average molecular weight is 475 g/mol. The zero-order valence-corrected chi connectivity index (χ0v) is 18.7. The van der Waals surface area contributed by atoms with Gasteiger partial charge in [-0.1, -0.05) is 26.0 Å². The van der Waals surface area contributed by atoms with Gasteiger partial charge in [0, 0.05) is 18.3 Å². The SMILES string of the molecule is COc1ccc(CNc2cc(C(C)C)nc(NC(=O)Nc3ccc(OC(F)(F)F)cc3)n2)cc1. The number of halogens is 3. The number of ether oxygens (including phenoxy) is 2. The van der Waals surface area contributed by atoms with Crippen molar-refractivity contribution in [2.45, 2.75) is 32.7 Å². The van der Waals surface area contributed by atoms with Gasteiger partial charge in [0.15, 0.2) is 0 Å². The summed E-state index contributed by atoms with van der Waals surface area (Å²) in [5, 5.41) is 8.28. The molecule has 3 rings (SSSR count). The molecule has 11 heteroatoms. The monoisotopic (exact) mass is 475 g/mol. The minimum Gasteiger partial charge on any atom is -0.497 e. The van der Waals surface area contributed by atoms with Gasteiger partial charge in [0.2, 0.25) is 5.95 Å². The molecule has 0 fully saturated rings. The number of aromatic nitrogens is 2. The highest BCUT2D eigenvalue weighted by Gasteiger charge is 2.31. The van der Waals surface area contributed by atoms with Crippen LogP contribution in [0.2, 0.25) is 0 Å². The van der Waals surface area contributed by atoms with Crippen LogP contribution in [0.25, 0.3) is 0 Å². The third-order valence-corrected chi connectivity index (χ3v) is 4.54. The number of carbonyl (C=O) groups is 1. The summed E-state index contributed by atoms with van der Waals surface area (Å²) >= 11 is 0. The van der Waals surface area contributed by atoms with Crippen molar-refractivity contribution in [1.82, 2.24) is 9.97 Å². The number of hydrogen-bond acceptors (Lipinski definition) is 6. The van der Waals surface area contributed by atoms with Gasteiger partial charge in [0.1, 0.15) is 17.3 Å². The van der Waals surface area contributed by atoms with Crippen LogP contribution in [-0.4, -0.2) is 29.5 Å². The molecule has 0 unspecified atom stereocenters. The van der Waals surface area contributed by atoms with E-state index >= 15 is 0 Å². The van der Waals surface area contributed by atoms with Gasteiger partial charge in [-0.25, -0.2) is 9.78 Å². The first-order valence-electron chi connectivity index (χ1n) is 10.3. The Morgan fingerprint density at radius 3 is 2.21 bits per heavy atom. The predicted molar refractivity (Wildman–Crippen MR) is 122 cm³/mol. The molecule has 0 atom stereocenters. The lowest BCUT2D eigenvalue weighted by atomic mass is 10.1. The number of urea groups is 1. The second-order valence-corrected chi connectivity index (χ2v) is 7.51. The van der Waals surface area contributed by atoms with E-state index in [4.69, 9.17) is 4.74 Å². The van der Waals surface area contributed by atoms with E-state index in [1.54, 1.807) is 13.2 Å². The fraction of sp³-hybridized carbons (Fsp3) is 0.261. The number of anilines is 3. The Morgan fingerprint density at radius 1 is 0.971 bits per heavy atom. The van der Waals surface area contributed by atoms with Crippen LogP contribution >= 0.6 is 0 Å². The summed E-state index contributed by atoms with van der Waals surface area (Å²) in [7, 11) is 1.60. The van der Waals surface area contributed by atoms with Crippen LogP contribution in [-0.2, 0) is 6.54 Å². The minimum absolute atomic E-state index is 0.0781. The molecule has 1 heterocycles. The Balaban J connectivity index is 1.65. The van der Waals surface area contributed by atoms with Crippen molar-refractivity contribution in [1.29, 1.82) is 0 Å². The quantitative estimate of drug-likeness (QED) is 0.383. The van der Waals surface area contributed by atoms with E-state index in [2.05, 4.69) is 30.7 Å². The lowest BCUT2D eigenvalue weighted by Crippen LogP contribution is -2.22. The number of methoxy groups -OCH3 is 1. The molecule has 0 bridgehead atoms. The van der Waals surface area contributed by atoms with E-state index in [9.17, 15) is 18.0 Å². The third-order valence-electron chi connectivity index (χ3n) is 4.54. The summed E-state index contributed by atoms with van der Waals surface area (Å²) in [6.45, 7) is 4.42. The molecule has 0 saturated carbocycles. The first kappa shape index (κ1) is 24.6. The Kier molecular flexibility index (Phi) is 7.77. The highest BCUT2D eigenvalue weighted by molar-refractivity contribution is 5.98. The zero-order valence-electron chi connectivity index (χ0n) is 18.7. The van der Waals surface area contributed by atoms with E-state index in [0.29, 0.717) is 12.4 Å². The van der Waals surface area contributed by atoms with E-state index in [0.717, 1.165) is 29.1 Å². The molecule has 2 amide bonds. The van der Waals surface area contributed by atoms with Crippen LogP contribution in [0.3, 0.4) is 0 Å². The van der Waals surface area contributed by atoms with E-state index in [-0.39, 0.29) is 23.3 Å². The van der Waals surface area contributed by atoms with Crippen molar-refractivity contribution in [2.75, 3.05) is 23.1 Å². The number of benzene rings is 2. The highest BCUT2D eigenvalue weighted by Crippen LogP contribution is 2.24. The largest absolute Gasteiger partial charge is 0.573 e. The Bertz CT molecular complexity index is 1100. The Morgan fingerprint density at radius 2 is 1.62 bits per heavy atom. The van der Waals surface area contributed by atoms with Crippen molar-refractivity contribution in [3.05, 3.63) is 65.9 Å². The van der Waals surface area contributed by atoms with Gasteiger partial charge in [-0.15, -0.1) is 13.2 Å². The first-order valence-corrected chi connectivity index (χ1v) is 10.3. The number of hydrogen-bond donors (Lipinski definition) is 3. The molecule has 3 N–H and O–H groups in total. The number of alkyl halides is 3. The molecule has 0 radical (unpaired) electrons. The van der Waals surface area contributed by atoms with Gasteiger partial charge in [-0.05, 0) is 47.9 Å². The van der Waals surface area contributed by atoms with Crippen LogP contribution in [0.15, 0.2) is 54.6 Å². The van der Waals surface area contributed by atoms with Crippen LogP contribution in [0.4, 0.5) is 35.4 Å². The molecule has 3 aromatic rings. The van der Waals surface area contributed by atoms with Crippen LogP contribution < -0.4 is 25.4 Å². The molecular formula is C23H24F3N5O3. The fourth-order valence-corrected chi connectivity index (χ4v) is 2.85. The van der Waals surface area contributed by atoms with Gasteiger partial charge in [0.05, 0.1) is 12.8 Å². The van der Waals surface area contributed by atoms with Gasteiger partial charge >= 0.3 is 12.4 Å². The van der Waals surface area contributed by atoms with Gasteiger partial charge in [-0.3, -0.25) is 5.32 Å². The summed E-state index contributed by atoms with van der Waals surface area (Å²) in [5.74, 6) is 1.05. The Labute approximate surface area is 194 Å². The maximum Gasteiger partial charge on any atom is 0.573 e. The van der Waals surface area contributed by atoms with Crippen molar-refractivity contribution in [2.24, 2.45) is 0 Å². The van der Waals surface area contributed by atoms with Crippen molar-refractivity contribution < 1.29 is 27.4 Å². The fourth-order valence-electron chi connectivity index (χ4n) is 2.85. The lowest BCUT2D eigenvalue weighted by Gasteiger charge is -2.13. The maximum atomic E-state index is 12.4. The maximum absolute atomic E-state index is 12.4. The molecule has 8 nitrogen and oxygen atoms in total. The van der Waals surface area contributed by atoms with Gasteiger partial charge in [0.25, 0.3) is 0 Å². The third kappa shape index (κ3) is 7.54. The molecular weight excluding hydrogens is 451 g/mol. The van der Waals surface area contributed by atoms with Crippen molar-refractivity contribution >= 4 is 23.5 Å². The molecule has 34 heavy (non-hydrogen) atoms. The number of nitrogens with one attached hydrogen (secondary N) is 3. The van der Waals surface area contributed by atoms with Crippen molar-refractivity contribution in [3.8, 4) is 11.5 Å². The smallest absolute Gasteiger partial charge is 0.497 e. The topological polar surface area (TPSA) is 97.4 Å². The van der Waals surface area contributed by atoms with Crippen LogP contribution in [0, 0.1) is 0 Å². The molecule has 0 aliphatic carbocycles.